The molecule has 1 aromatic carbocycles. The molecule has 0 fully saturated rings. The van der Waals surface area contributed by atoms with E-state index in [0.29, 0.717) is 0 Å². The van der Waals surface area contributed by atoms with Crippen molar-refractivity contribution in [2.24, 2.45) is 0 Å². The van der Waals surface area contributed by atoms with Gasteiger partial charge >= 0.3 is 23.9 Å². The third-order valence-corrected chi connectivity index (χ3v) is 2.09. The molecule has 0 atom stereocenters. The van der Waals surface area contributed by atoms with E-state index < -0.39 is 23.9 Å². The normalized spacial score (nSPS) is 11.1. The van der Waals surface area contributed by atoms with Crippen molar-refractivity contribution in [3.8, 4) is 0 Å². The minimum atomic E-state index is -5.77. The number of nitrogens with one attached hydrogen (secondary N) is 1. The van der Waals surface area contributed by atoms with Crippen LogP contribution in [0.5, 0.6) is 0 Å². The number of alkyl halides is 6. The zero-order valence-electron chi connectivity index (χ0n) is 11.8. The van der Waals surface area contributed by atoms with Crippen molar-refractivity contribution in [1.82, 2.24) is 0 Å². The average Bonchev–Trinajstić information content (AvgIpc) is 2.38. The third kappa shape index (κ3) is 7.98. The van der Waals surface area contributed by atoms with Gasteiger partial charge in [0, 0.05) is 12.6 Å². The minimum absolute atomic E-state index is 0.0335. The van der Waals surface area contributed by atoms with Crippen LogP contribution in [0.25, 0.3) is 0 Å². The highest BCUT2D eigenvalue weighted by Gasteiger charge is 2.54. The van der Waals surface area contributed by atoms with Crippen LogP contribution in [0.15, 0.2) is 24.3 Å². The van der Waals surface area contributed by atoms with Gasteiger partial charge in [0.05, 0.1) is 0 Å². The lowest BCUT2D eigenvalue weighted by atomic mass is 10.2. The summed E-state index contributed by atoms with van der Waals surface area (Å²) in [7, 11) is 0. The van der Waals surface area contributed by atoms with Gasteiger partial charge in [-0.1, -0.05) is 17.7 Å². The van der Waals surface area contributed by atoms with Crippen molar-refractivity contribution < 1.29 is 40.7 Å². The molecule has 128 valence electrons. The van der Waals surface area contributed by atoms with Crippen LogP contribution in [0.1, 0.15) is 12.5 Å². The molecule has 0 saturated heterocycles. The number of Topliss-reactive ketones (excluding diaryl/α,β-unsaturated/α-hetero) is 2. The Hall–Kier alpha value is -2.39. The monoisotopic (exact) mass is 343 g/mol. The topological polar surface area (TPSA) is 63.2 Å². The smallest absolute Gasteiger partial charge is 0.326 e. The molecular weight excluding hydrogens is 332 g/mol. The first-order valence-electron chi connectivity index (χ1n) is 5.82. The van der Waals surface area contributed by atoms with E-state index in [4.69, 9.17) is 0 Å². The van der Waals surface area contributed by atoms with Gasteiger partial charge in [0.15, 0.2) is 0 Å². The Morgan fingerprint density at radius 1 is 0.826 bits per heavy atom. The second kappa shape index (κ2) is 7.75. The number of halogens is 6. The molecule has 1 amide bonds. The molecule has 1 aromatic rings. The molecule has 0 heterocycles. The summed E-state index contributed by atoms with van der Waals surface area (Å²) in [4.78, 5) is 29.8. The lowest BCUT2D eigenvalue weighted by Gasteiger charge is -2.05. The van der Waals surface area contributed by atoms with Crippen LogP contribution in [0.3, 0.4) is 0 Å². The van der Waals surface area contributed by atoms with Crippen molar-refractivity contribution >= 4 is 23.2 Å². The van der Waals surface area contributed by atoms with Crippen LogP contribution in [-0.2, 0) is 14.4 Å². The Labute approximate surface area is 126 Å². The van der Waals surface area contributed by atoms with E-state index in [-0.39, 0.29) is 5.91 Å². The fourth-order valence-electron chi connectivity index (χ4n) is 1.10. The number of amides is 1. The Morgan fingerprint density at radius 2 is 1.17 bits per heavy atom. The van der Waals surface area contributed by atoms with Crippen molar-refractivity contribution in [2.75, 3.05) is 5.32 Å². The van der Waals surface area contributed by atoms with Crippen LogP contribution in [-0.4, -0.2) is 29.8 Å². The summed E-state index contributed by atoms with van der Waals surface area (Å²) in [6.07, 6.45) is -11.5. The highest BCUT2D eigenvalue weighted by molar-refractivity contribution is 6.41. The molecule has 0 saturated carbocycles. The number of ketones is 2. The number of carbonyl (C=O) groups is 3. The summed E-state index contributed by atoms with van der Waals surface area (Å²) in [5.74, 6) is -6.85. The van der Waals surface area contributed by atoms with Gasteiger partial charge in [0.1, 0.15) is 0 Å². The predicted octanol–water partition coefficient (Wildman–Crippen LogP) is 3.20. The van der Waals surface area contributed by atoms with Crippen LogP contribution in [0.4, 0.5) is 32.0 Å². The Kier molecular flexibility index (Phi) is 6.94. The molecule has 23 heavy (non-hydrogen) atoms. The number of benzene rings is 1. The predicted molar refractivity (Wildman–Crippen MR) is 67.6 cm³/mol. The first-order valence-corrected chi connectivity index (χ1v) is 5.82. The van der Waals surface area contributed by atoms with Crippen LogP contribution in [0, 0.1) is 6.92 Å². The van der Waals surface area contributed by atoms with Gasteiger partial charge < -0.3 is 5.32 Å². The van der Waals surface area contributed by atoms with E-state index in [0.717, 1.165) is 5.69 Å². The summed E-state index contributed by atoms with van der Waals surface area (Å²) < 4.78 is 67.0. The first-order chi connectivity index (χ1) is 10.2. The molecule has 0 aromatic heterocycles. The standard InChI is InChI=1S/C9H11NO.C4F6O2/c1-7-3-5-9(6-4-7)10-8(2)11;5-3(6,7)1(11)2(12)4(8,9)10/h3-6H,1-2H3,(H,10,11);. The van der Waals surface area contributed by atoms with Gasteiger partial charge in [-0.05, 0) is 19.1 Å². The van der Waals surface area contributed by atoms with Crippen molar-refractivity contribution in [3.05, 3.63) is 29.8 Å². The molecule has 10 heteroatoms. The summed E-state index contributed by atoms with van der Waals surface area (Å²) in [6, 6.07) is 7.70. The maximum atomic E-state index is 11.2. The van der Waals surface area contributed by atoms with Gasteiger partial charge in [0.2, 0.25) is 5.91 Å². The number of rotatable bonds is 2. The summed E-state index contributed by atoms with van der Waals surface area (Å²) in [6.45, 7) is 3.51. The number of carbonyl (C=O) groups excluding carboxylic acids is 3. The molecule has 0 aliphatic rings. The molecule has 0 aliphatic heterocycles. The van der Waals surface area contributed by atoms with Gasteiger partial charge in [-0.15, -0.1) is 0 Å². The van der Waals surface area contributed by atoms with Crippen molar-refractivity contribution in [3.63, 3.8) is 0 Å². The zero-order chi connectivity index (χ0) is 18.4. The molecular formula is C13H11F6NO3. The first kappa shape index (κ1) is 20.6. The minimum Gasteiger partial charge on any atom is -0.326 e. The second-order valence-electron chi connectivity index (χ2n) is 4.20. The van der Waals surface area contributed by atoms with E-state index >= 15 is 0 Å². The van der Waals surface area contributed by atoms with E-state index in [1.807, 2.05) is 31.2 Å². The Bertz CT molecular complexity index is 551. The fraction of sp³-hybridized carbons (Fsp3) is 0.308. The molecule has 1 rings (SSSR count). The molecule has 0 aliphatic carbocycles. The Morgan fingerprint density at radius 3 is 1.43 bits per heavy atom. The van der Waals surface area contributed by atoms with E-state index in [1.165, 1.54) is 12.5 Å². The molecule has 0 unspecified atom stereocenters. The highest BCUT2D eigenvalue weighted by atomic mass is 19.4. The van der Waals surface area contributed by atoms with Crippen LogP contribution in [0.2, 0.25) is 0 Å². The van der Waals surface area contributed by atoms with Gasteiger partial charge in [-0.25, -0.2) is 0 Å². The molecule has 4 nitrogen and oxygen atoms in total. The highest BCUT2D eigenvalue weighted by Crippen LogP contribution is 2.23. The van der Waals surface area contributed by atoms with E-state index in [1.54, 1.807) is 0 Å². The lowest BCUT2D eigenvalue weighted by molar-refractivity contribution is -0.193. The molecule has 1 N–H and O–H groups in total. The van der Waals surface area contributed by atoms with Crippen LogP contribution >= 0.6 is 0 Å². The van der Waals surface area contributed by atoms with Crippen LogP contribution < -0.4 is 5.32 Å². The molecule has 0 radical (unpaired) electrons. The molecule has 0 bridgehead atoms. The maximum absolute atomic E-state index is 11.2. The average molecular weight is 343 g/mol. The number of hydrogen-bond acceptors (Lipinski definition) is 3. The van der Waals surface area contributed by atoms with Crippen molar-refractivity contribution in [2.45, 2.75) is 26.2 Å². The second-order valence-corrected chi connectivity index (χ2v) is 4.20. The largest absolute Gasteiger partial charge is 0.458 e. The van der Waals surface area contributed by atoms with Crippen molar-refractivity contribution in [1.29, 1.82) is 0 Å². The SMILES string of the molecule is CC(=O)Nc1ccc(C)cc1.O=C(C(=O)C(F)(F)F)C(F)(F)F. The third-order valence-electron chi connectivity index (χ3n) is 2.09. The number of anilines is 1. The van der Waals surface area contributed by atoms with E-state index in [2.05, 4.69) is 5.32 Å². The van der Waals surface area contributed by atoms with Gasteiger partial charge in [-0.3, -0.25) is 14.4 Å². The lowest BCUT2D eigenvalue weighted by Crippen LogP contribution is -2.39. The quantitative estimate of drug-likeness (QED) is 0.663. The summed E-state index contributed by atoms with van der Waals surface area (Å²) >= 11 is 0. The Balaban J connectivity index is 0.000000422. The summed E-state index contributed by atoms with van der Waals surface area (Å²) in [5, 5.41) is 2.69. The number of hydrogen-bond donors (Lipinski definition) is 1. The fourth-order valence-corrected chi connectivity index (χ4v) is 1.10. The zero-order valence-corrected chi connectivity index (χ0v) is 11.8. The van der Waals surface area contributed by atoms with Gasteiger partial charge in [-0.2, -0.15) is 26.3 Å². The maximum Gasteiger partial charge on any atom is 0.458 e. The summed E-state index contributed by atoms with van der Waals surface area (Å²) in [5.41, 5.74) is 2.04. The number of aryl methyl sites for hydroxylation is 1. The van der Waals surface area contributed by atoms with Gasteiger partial charge in [0.25, 0.3) is 0 Å². The molecule has 0 spiro atoms. The van der Waals surface area contributed by atoms with E-state index in [9.17, 15) is 40.7 Å².